The van der Waals surface area contributed by atoms with Gasteiger partial charge in [-0.3, -0.25) is 43.3 Å². The van der Waals surface area contributed by atoms with Gasteiger partial charge < -0.3 is 21.7 Å². The van der Waals surface area contributed by atoms with E-state index in [1.54, 1.807) is 0 Å². The van der Waals surface area contributed by atoms with Gasteiger partial charge >= 0.3 is 0 Å². The van der Waals surface area contributed by atoms with Crippen LogP contribution in [0.5, 0.6) is 0 Å². The molecule has 0 aromatic heterocycles. The number of hydrogen-bond acceptors (Lipinski definition) is 10. The van der Waals surface area contributed by atoms with E-state index in [9.17, 15) is 38.4 Å². The van der Waals surface area contributed by atoms with Crippen LogP contribution in [0.15, 0.2) is 12.2 Å². The molecular formula is C21H28N6O10. The number of hydrogen-bond donors (Lipinski definition) is 4. The Hall–Kier alpha value is -4.18. The molecule has 0 aliphatic carbocycles. The molecule has 202 valence electrons. The number of nitrogens with one attached hydrogen (secondary N) is 3. The Kier molecular flexibility index (Phi) is 11.3. The summed E-state index contributed by atoms with van der Waals surface area (Å²) in [6.07, 6.45) is 2.51. The normalized spacial score (nSPS) is 15.8. The van der Waals surface area contributed by atoms with Crippen molar-refractivity contribution in [2.24, 2.45) is 5.73 Å². The predicted molar refractivity (Wildman–Crippen MR) is 120 cm³/mol. The van der Waals surface area contributed by atoms with Crippen LogP contribution in [-0.4, -0.2) is 89.5 Å². The van der Waals surface area contributed by atoms with Crippen molar-refractivity contribution in [3.63, 3.8) is 0 Å². The molecule has 8 amide bonds. The number of primary amides is 1. The minimum Gasteiger partial charge on any atom is -0.368 e. The number of hydroxylamine groups is 2. The molecule has 0 radical (unpaired) electrons. The Morgan fingerprint density at radius 2 is 1.57 bits per heavy atom. The van der Waals surface area contributed by atoms with Crippen LogP contribution in [0.2, 0.25) is 0 Å². The van der Waals surface area contributed by atoms with Crippen molar-refractivity contribution in [2.75, 3.05) is 26.2 Å². The van der Waals surface area contributed by atoms with Gasteiger partial charge in [0.15, 0.2) is 0 Å². The lowest BCUT2D eigenvalue weighted by atomic mass is 10.1. The van der Waals surface area contributed by atoms with Gasteiger partial charge in [-0.25, -0.2) is 4.89 Å². The van der Waals surface area contributed by atoms with Gasteiger partial charge in [-0.2, -0.15) is 0 Å². The molecule has 0 bridgehead atoms. The van der Waals surface area contributed by atoms with Crippen molar-refractivity contribution < 1.29 is 48.2 Å². The van der Waals surface area contributed by atoms with Crippen LogP contribution < -0.4 is 21.7 Å². The second-order valence-electron chi connectivity index (χ2n) is 7.97. The van der Waals surface area contributed by atoms with Crippen LogP contribution in [0.25, 0.3) is 0 Å². The maximum atomic E-state index is 12.6. The Bertz CT molecular complexity index is 947. The maximum absolute atomic E-state index is 12.6. The van der Waals surface area contributed by atoms with Gasteiger partial charge in [-0.05, 0) is 19.3 Å². The molecule has 2 rings (SSSR count). The fourth-order valence-electron chi connectivity index (χ4n) is 3.20. The van der Waals surface area contributed by atoms with E-state index < -0.39 is 66.4 Å². The Morgan fingerprint density at radius 1 is 0.919 bits per heavy atom. The Balaban J connectivity index is 1.81. The highest BCUT2D eigenvalue weighted by Gasteiger charge is 2.31. The summed E-state index contributed by atoms with van der Waals surface area (Å²) in [5, 5.41) is 7.54. The number of carbonyl (C=O) groups excluding carboxylic acids is 8. The molecule has 0 aromatic rings. The summed E-state index contributed by atoms with van der Waals surface area (Å²) in [7, 11) is 0. The molecule has 2 aliphatic rings. The molecule has 1 fully saturated rings. The van der Waals surface area contributed by atoms with E-state index in [4.69, 9.17) is 10.6 Å². The van der Waals surface area contributed by atoms with E-state index in [0.29, 0.717) is 5.06 Å². The van der Waals surface area contributed by atoms with Crippen LogP contribution in [0, 0.1) is 0 Å². The maximum Gasteiger partial charge on any atom is 0.256 e. The number of amides is 8. The Labute approximate surface area is 210 Å². The van der Waals surface area contributed by atoms with Crippen molar-refractivity contribution in [1.82, 2.24) is 25.9 Å². The quantitative estimate of drug-likeness (QED) is 0.0680. The Morgan fingerprint density at radius 3 is 2.19 bits per heavy atom. The molecule has 37 heavy (non-hydrogen) atoms. The van der Waals surface area contributed by atoms with Gasteiger partial charge in [-0.15, -0.1) is 10.1 Å². The molecule has 2 heterocycles. The molecule has 5 N–H and O–H groups in total. The first-order valence-corrected chi connectivity index (χ1v) is 11.4. The van der Waals surface area contributed by atoms with Crippen LogP contribution >= 0.6 is 0 Å². The van der Waals surface area contributed by atoms with E-state index in [-0.39, 0.29) is 51.7 Å². The van der Waals surface area contributed by atoms with Gasteiger partial charge in [0.25, 0.3) is 23.6 Å². The van der Waals surface area contributed by atoms with E-state index >= 15 is 0 Å². The van der Waals surface area contributed by atoms with Gasteiger partial charge in [0.2, 0.25) is 23.6 Å². The number of nitrogens with zero attached hydrogens (tertiary/aromatic N) is 2. The van der Waals surface area contributed by atoms with Gasteiger partial charge in [0.05, 0.1) is 19.7 Å². The lowest BCUT2D eigenvalue weighted by molar-refractivity contribution is -0.393. The molecule has 2 aliphatic heterocycles. The third-order valence-corrected chi connectivity index (χ3v) is 5.07. The third-order valence-electron chi connectivity index (χ3n) is 5.07. The fourth-order valence-corrected chi connectivity index (χ4v) is 3.20. The molecular weight excluding hydrogens is 496 g/mol. The van der Waals surface area contributed by atoms with Crippen molar-refractivity contribution >= 4 is 47.3 Å². The van der Waals surface area contributed by atoms with Crippen LogP contribution in [-0.2, 0) is 48.2 Å². The number of imide groups is 2. The van der Waals surface area contributed by atoms with Gasteiger partial charge in [-0.1, -0.05) is 0 Å². The molecule has 0 spiro atoms. The summed E-state index contributed by atoms with van der Waals surface area (Å²) in [5.74, 6) is -4.73. The van der Waals surface area contributed by atoms with Crippen LogP contribution in [0.1, 0.15) is 38.5 Å². The van der Waals surface area contributed by atoms with Gasteiger partial charge in [0, 0.05) is 38.0 Å². The molecule has 0 saturated carbocycles. The monoisotopic (exact) mass is 524 g/mol. The molecule has 1 saturated heterocycles. The van der Waals surface area contributed by atoms with Crippen molar-refractivity contribution in [1.29, 1.82) is 0 Å². The zero-order chi connectivity index (χ0) is 27.4. The largest absolute Gasteiger partial charge is 0.368 e. The third kappa shape index (κ3) is 9.77. The molecule has 1 atom stereocenters. The van der Waals surface area contributed by atoms with E-state index in [0.717, 1.165) is 17.1 Å². The van der Waals surface area contributed by atoms with Crippen LogP contribution in [0.3, 0.4) is 0 Å². The summed E-state index contributed by atoms with van der Waals surface area (Å²) in [6, 6.07) is -1.10. The zero-order valence-corrected chi connectivity index (χ0v) is 19.9. The summed E-state index contributed by atoms with van der Waals surface area (Å²) in [6.45, 7) is -1.01. The summed E-state index contributed by atoms with van der Waals surface area (Å²) in [5.41, 5.74) is 4.93. The minimum atomic E-state index is -1.10. The highest BCUT2D eigenvalue weighted by atomic mass is 17.3. The van der Waals surface area contributed by atoms with Crippen LogP contribution in [0.4, 0.5) is 0 Å². The predicted octanol–water partition coefficient (Wildman–Crippen LogP) is -3.31. The van der Waals surface area contributed by atoms with Crippen molar-refractivity contribution in [3.05, 3.63) is 12.2 Å². The number of rotatable bonds is 16. The summed E-state index contributed by atoms with van der Waals surface area (Å²) in [4.78, 5) is 104. The standard InChI is InChI=1S/C21H28N6O10/c22-14(28)11-23-16(30)12-24-21(35)13(3-2-10-36-37-27-19(33)7-8-20(27)34)25-15(29)4-1-9-26-17(31)5-6-18(26)32/h5-6,13H,1-4,7-12H2,(H2,22,28)(H,23,30)(H,24,35)(H,25,29). The first-order valence-electron chi connectivity index (χ1n) is 11.4. The van der Waals surface area contributed by atoms with Gasteiger partial charge in [0.1, 0.15) is 6.04 Å². The zero-order valence-electron chi connectivity index (χ0n) is 19.9. The lowest BCUT2D eigenvalue weighted by Crippen LogP contribution is -2.49. The van der Waals surface area contributed by atoms with Crippen molar-refractivity contribution in [2.45, 2.75) is 44.6 Å². The average Bonchev–Trinajstić information content (AvgIpc) is 3.34. The fraction of sp³-hybridized carbons (Fsp3) is 0.524. The average molecular weight is 524 g/mol. The second-order valence-corrected chi connectivity index (χ2v) is 7.97. The second kappa shape index (κ2) is 14.4. The smallest absolute Gasteiger partial charge is 0.256 e. The molecule has 16 heteroatoms. The minimum absolute atomic E-state index is 0.0140. The summed E-state index contributed by atoms with van der Waals surface area (Å²) >= 11 is 0. The van der Waals surface area contributed by atoms with E-state index in [1.807, 2.05) is 0 Å². The highest BCUT2D eigenvalue weighted by Crippen LogP contribution is 2.12. The van der Waals surface area contributed by atoms with E-state index in [1.165, 1.54) is 0 Å². The number of carbonyl (C=O) groups is 8. The summed E-state index contributed by atoms with van der Waals surface area (Å²) < 4.78 is 0. The molecule has 16 nitrogen and oxygen atoms in total. The highest BCUT2D eigenvalue weighted by molar-refractivity contribution is 6.12. The first kappa shape index (κ1) is 29.1. The topological polar surface area (TPSA) is 224 Å². The molecule has 1 unspecified atom stereocenters. The number of nitrogens with two attached hydrogens (primary N) is 1. The van der Waals surface area contributed by atoms with E-state index in [2.05, 4.69) is 20.9 Å². The lowest BCUT2D eigenvalue weighted by Gasteiger charge is -2.19. The SMILES string of the molecule is NC(=O)CNC(=O)CNC(=O)C(CCCOON1C(=O)CCC1=O)NC(=O)CCCN1C(=O)C=CC1=O. The first-order chi connectivity index (χ1) is 17.6. The molecule has 0 aromatic carbocycles. The van der Waals surface area contributed by atoms with Crippen molar-refractivity contribution in [3.8, 4) is 0 Å².